The van der Waals surface area contributed by atoms with Crippen LogP contribution >= 0.6 is 11.6 Å². The Bertz CT molecular complexity index is 1060. The number of hydrogen-bond donors (Lipinski definition) is 3. The van der Waals surface area contributed by atoms with Gasteiger partial charge >= 0.3 is 0 Å². The van der Waals surface area contributed by atoms with E-state index in [1.165, 1.54) is 0 Å². The summed E-state index contributed by atoms with van der Waals surface area (Å²) in [7, 11) is 0. The highest BCUT2D eigenvalue weighted by molar-refractivity contribution is 6.30. The molecule has 0 aliphatic heterocycles. The molecule has 0 fully saturated rings. The maximum atomic E-state index is 13.2. The number of nitrogens with zero attached hydrogens (tertiary/aromatic N) is 1. The number of hydrogen-bond acceptors (Lipinski definition) is 5. The second-order valence-corrected chi connectivity index (χ2v) is 7.62. The molecule has 4 rings (SSSR count). The van der Waals surface area contributed by atoms with E-state index in [1.54, 1.807) is 24.4 Å². The maximum Gasteiger partial charge on any atom is 0.195 e. The van der Waals surface area contributed by atoms with Gasteiger partial charge in [-0.05, 0) is 29.8 Å². The van der Waals surface area contributed by atoms with Gasteiger partial charge in [0, 0.05) is 28.3 Å². The van der Waals surface area contributed by atoms with Crippen LogP contribution in [0.3, 0.4) is 0 Å². The monoisotopic (exact) mass is 386 g/mol. The molecule has 3 N–H and O–H groups in total. The van der Waals surface area contributed by atoms with Crippen molar-refractivity contribution in [2.24, 2.45) is 0 Å². The number of carbonyl (C=O) groups excluding carboxylic acids is 1. The lowest BCUT2D eigenvalue weighted by Crippen LogP contribution is -2.30. The average molecular weight is 387 g/mol. The summed E-state index contributed by atoms with van der Waals surface area (Å²) >= 11 is 6.00. The number of aromatic amines is 1. The van der Waals surface area contributed by atoms with E-state index in [0.29, 0.717) is 22.0 Å². The van der Waals surface area contributed by atoms with Crippen LogP contribution in [0.4, 0.5) is 0 Å². The van der Waals surface area contributed by atoms with Gasteiger partial charge in [-0.25, -0.2) is 4.98 Å². The summed E-state index contributed by atoms with van der Waals surface area (Å²) in [6.07, 6.45) is 0.674. The third kappa shape index (κ3) is 2.81. The summed E-state index contributed by atoms with van der Waals surface area (Å²) in [4.78, 5) is 20.6. The molecule has 0 unspecified atom stereocenters. The van der Waals surface area contributed by atoms with E-state index in [2.05, 4.69) is 9.97 Å². The first-order valence-corrected chi connectivity index (χ1v) is 8.99. The molecular formula is C20H19ClN2O4. The van der Waals surface area contributed by atoms with Crippen molar-refractivity contribution in [1.82, 2.24) is 9.97 Å². The molecule has 0 radical (unpaired) electrons. The minimum atomic E-state index is -0.951. The molecule has 1 atom stereocenters. The van der Waals surface area contributed by atoms with Crippen molar-refractivity contribution in [3.63, 3.8) is 0 Å². The number of aromatic nitrogens is 2. The van der Waals surface area contributed by atoms with Crippen molar-refractivity contribution in [3.8, 4) is 5.75 Å². The number of fused-ring (bicyclic) bond motifs is 4. The van der Waals surface area contributed by atoms with E-state index < -0.39 is 11.5 Å². The number of H-pyrrole nitrogens is 1. The molecule has 0 spiro atoms. The molecule has 3 aromatic rings. The lowest BCUT2D eigenvalue weighted by atomic mass is 9.71. The summed E-state index contributed by atoms with van der Waals surface area (Å²) in [5.74, 6) is 0.461. The SMILES string of the molecule is CC1(C)c2cc(OC[C@H](O)CO)ccc2C(=O)c2c1[nH]c1cc(Cl)ncc21. The standard InChI is InChI=1S/C20H19ClN2O4/c1-20(2)14-5-11(27-9-10(25)8-24)3-4-12(14)18(26)17-13-7-22-16(21)6-15(13)23-19(17)20/h3-7,10,23-25H,8-9H2,1-2H3/t10-/m1/s1. The predicted octanol–water partition coefficient (Wildman–Crippen LogP) is 2.82. The predicted molar refractivity (Wildman–Crippen MR) is 102 cm³/mol. The number of pyridine rings is 1. The Morgan fingerprint density at radius 2 is 2.11 bits per heavy atom. The number of rotatable bonds is 4. The van der Waals surface area contributed by atoms with E-state index >= 15 is 0 Å². The minimum absolute atomic E-state index is 0.0224. The molecule has 0 saturated carbocycles. The normalized spacial score (nSPS) is 16.1. The van der Waals surface area contributed by atoms with Gasteiger partial charge < -0.3 is 19.9 Å². The highest BCUT2D eigenvalue weighted by atomic mass is 35.5. The fourth-order valence-corrected chi connectivity index (χ4v) is 3.77. The van der Waals surface area contributed by atoms with Gasteiger partial charge in [0.05, 0.1) is 17.7 Å². The highest BCUT2D eigenvalue weighted by Gasteiger charge is 2.40. The summed E-state index contributed by atoms with van der Waals surface area (Å²) in [6.45, 7) is 3.68. The molecule has 0 amide bonds. The first-order chi connectivity index (χ1) is 12.8. The molecule has 7 heteroatoms. The minimum Gasteiger partial charge on any atom is -0.491 e. The van der Waals surface area contributed by atoms with E-state index in [9.17, 15) is 9.90 Å². The second-order valence-electron chi connectivity index (χ2n) is 7.24. The van der Waals surface area contributed by atoms with Crippen LogP contribution in [-0.4, -0.2) is 45.3 Å². The fourth-order valence-electron chi connectivity index (χ4n) is 3.61. The van der Waals surface area contributed by atoms with Gasteiger partial charge in [0.25, 0.3) is 0 Å². The third-order valence-electron chi connectivity index (χ3n) is 5.06. The lowest BCUT2D eigenvalue weighted by molar-refractivity contribution is 0.0535. The number of ketones is 1. The van der Waals surface area contributed by atoms with Crippen molar-refractivity contribution in [2.45, 2.75) is 25.4 Å². The van der Waals surface area contributed by atoms with Gasteiger partial charge in [-0.1, -0.05) is 25.4 Å². The highest BCUT2D eigenvalue weighted by Crippen LogP contribution is 2.44. The molecule has 27 heavy (non-hydrogen) atoms. The van der Waals surface area contributed by atoms with Crippen LogP contribution in [0.25, 0.3) is 10.9 Å². The van der Waals surface area contributed by atoms with E-state index in [1.807, 2.05) is 19.9 Å². The number of benzene rings is 1. The van der Waals surface area contributed by atoms with Crippen molar-refractivity contribution in [3.05, 3.63) is 58.0 Å². The van der Waals surface area contributed by atoms with Crippen molar-refractivity contribution in [1.29, 1.82) is 0 Å². The Balaban J connectivity index is 1.83. The second kappa shape index (κ2) is 6.34. The zero-order valence-electron chi connectivity index (χ0n) is 14.9. The topological polar surface area (TPSA) is 95.4 Å². The molecule has 1 aliphatic rings. The summed E-state index contributed by atoms with van der Waals surface area (Å²) < 4.78 is 5.56. The fraction of sp³-hybridized carbons (Fsp3) is 0.300. The lowest BCUT2D eigenvalue weighted by Gasteiger charge is -2.32. The number of aliphatic hydroxyl groups is 2. The zero-order chi connectivity index (χ0) is 19.3. The zero-order valence-corrected chi connectivity index (χ0v) is 15.7. The summed E-state index contributed by atoms with van der Waals surface area (Å²) in [5, 5.41) is 19.5. The Kier molecular flexibility index (Phi) is 4.22. The Morgan fingerprint density at radius 3 is 2.85 bits per heavy atom. The summed E-state index contributed by atoms with van der Waals surface area (Å²) in [6, 6.07) is 6.97. The van der Waals surface area contributed by atoms with Gasteiger partial charge in [0.2, 0.25) is 0 Å². The molecular weight excluding hydrogens is 368 g/mol. The van der Waals surface area contributed by atoms with Gasteiger partial charge in [-0.3, -0.25) is 4.79 Å². The quantitative estimate of drug-likeness (QED) is 0.599. The Hall–Kier alpha value is -2.41. The average Bonchev–Trinajstić information content (AvgIpc) is 3.04. The van der Waals surface area contributed by atoms with E-state index in [-0.39, 0.29) is 19.0 Å². The van der Waals surface area contributed by atoms with Crippen LogP contribution in [0, 0.1) is 0 Å². The van der Waals surface area contributed by atoms with Crippen LogP contribution in [0.15, 0.2) is 30.5 Å². The number of nitrogens with one attached hydrogen (secondary N) is 1. The van der Waals surface area contributed by atoms with Crippen molar-refractivity contribution in [2.75, 3.05) is 13.2 Å². The van der Waals surface area contributed by atoms with E-state index in [4.69, 9.17) is 21.4 Å². The Labute approximate surface area is 160 Å². The van der Waals surface area contributed by atoms with E-state index in [0.717, 1.165) is 22.2 Å². The maximum absolute atomic E-state index is 13.2. The summed E-state index contributed by atoms with van der Waals surface area (Å²) in [5.41, 5.74) is 3.18. The molecule has 2 heterocycles. The molecule has 0 saturated heterocycles. The number of halogens is 1. The van der Waals surface area contributed by atoms with Crippen LogP contribution in [-0.2, 0) is 5.41 Å². The van der Waals surface area contributed by atoms with Gasteiger partial charge in [0.1, 0.15) is 23.6 Å². The van der Waals surface area contributed by atoms with Gasteiger partial charge in [-0.2, -0.15) is 0 Å². The first kappa shape index (κ1) is 18.0. The molecule has 6 nitrogen and oxygen atoms in total. The van der Waals surface area contributed by atoms with Gasteiger partial charge in [0.15, 0.2) is 5.78 Å². The molecule has 1 aromatic carbocycles. The van der Waals surface area contributed by atoms with Crippen LogP contribution < -0.4 is 4.74 Å². The Morgan fingerprint density at radius 1 is 1.33 bits per heavy atom. The van der Waals surface area contributed by atoms with Crippen LogP contribution in [0.5, 0.6) is 5.75 Å². The molecule has 2 aromatic heterocycles. The molecule has 0 bridgehead atoms. The number of ether oxygens (including phenoxy) is 1. The first-order valence-electron chi connectivity index (χ1n) is 8.61. The van der Waals surface area contributed by atoms with Crippen molar-refractivity contribution >= 4 is 28.3 Å². The number of aliphatic hydroxyl groups excluding tert-OH is 2. The molecule has 140 valence electrons. The third-order valence-corrected chi connectivity index (χ3v) is 5.27. The van der Waals surface area contributed by atoms with Crippen molar-refractivity contribution < 1.29 is 19.7 Å². The molecule has 1 aliphatic carbocycles. The largest absolute Gasteiger partial charge is 0.491 e. The smallest absolute Gasteiger partial charge is 0.195 e. The van der Waals surface area contributed by atoms with Gasteiger partial charge in [-0.15, -0.1) is 0 Å². The number of carbonyl (C=O) groups is 1. The van der Waals surface area contributed by atoms with Crippen LogP contribution in [0.2, 0.25) is 5.15 Å². The van der Waals surface area contributed by atoms with Crippen LogP contribution in [0.1, 0.15) is 41.0 Å².